The van der Waals surface area contributed by atoms with Crippen molar-refractivity contribution >= 4 is 24.2 Å². The number of nitrogens with one attached hydrogen (secondary N) is 1. The third-order valence-corrected chi connectivity index (χ3v) is 6.51. The maximum Gasteiger partial charge on any atom is 0.222 e. The van der Waals surface area contributed by atoms with Crippen molar-refractivity contribution in [3.05, 3.63) is 23.8 Å². The summed E-state index contributed by atoms with van der Waals surface area (Å²) in [6.45, 7) is 6.41. The summed E-state index contributed by atoms with van der Waals surface area (Å²) in [6, 6.07) is 6.15. The Bertz CT molecular complexity index is 773. The van der Waals surface area contributed by atoms with Crippen LogP contribution in [0.2, 0.25) is 0 Å². The van der Waals surface area contributed by atoms with E-state index in [9.17, 15) is 9.59 Å². The molecule has 1 aliphatic rings. The van der Waals surface area contributed by atoms with Gasteiger partial charge in [0.25, 0.3) is 0 Å². The Balaban J connectivity index is 0.00000684. The zero-order valence-corrected chi connectivity index (χ0v) is 23.7. The molecule has 0 saturated carbocycles. The van der Waals surface area contributed by atoms with Crippen LogP contribution in [0.1, 0.15) is 63.9 Å². The summed E-state index contributed by atoms with van der Waals surface area (Å²) in [5.41, 5.74) is 1.25. The minimum Gasteiger partial charge on any atom is -0.493 e. The molecule has 1 saturated heterocycles. The minimum atomic E-state index is -0.000604. The number of rotatable bonds is 18. The van der Waals surface area contributed by atoms with Gasteiger partial charge in [-0.3, -0.25) is 9.59 Å². The number of morpholine rings is 1. The lowest BCUT2D eigenvalue weighted by molar-refractivity contribution is -0.135. The Morgan fingerprint density at radius 1 is 1.00 bits per heavy atom. The fraction of sp³-hybridized carbons (Fsp3) is 0.714. The first-order chi connectivity index (χ1) is 17.5. The molecule has 0 spiro atoms. The van der Waals surface area contributed by atoms with Crippen molar-refractivity contribution in [2.75, 3.05) is 60.3 Å². The molecule has 37 heavy (non-hydrogen) atoms. The Morgan fingerprint density at radius 2 is 1.76 bits per heavy atom. The molecule has 1 N–H and O–H groups in total. The number of benzene rings is 1. The third-order valence-electron chi connectivity index (χ3n) is 6.51. The van der Waals surface area contributed by atoms with E-state index in [4.69, 9.17) is 18.9 Å². The summed E-state index contributed by atoms with van der Waals surface area (Å²) in [5.74, 6) is 1.79. The van der Waals surface area contributed by atoms with Gasteiger partial charge in [0, 0.05) is 52.1 Å². The smallest absolute Gasteiger partial charge is 0.222 e. The van der Waals surface area contributed by atoms with Crippen LogP contribution in [0.5, 0.6) is 11.5 Å². The second-order valence-electron chi connectivity index (χ2n) is 9.42. The predicted octanol–water partition coefficient (Wildman–Crippen LogP) is 4.42. The first-order valence-corrected chi connectivity index (χ1v) is 13.5. The zero-order valence-electron chi connectivity index (χ0n) is 22.9. The van der Waals surface area contributed by atoms with Crippen LogP contribution < -0.4 is 14.8 Å². The number of ether oxygens (including phenoxy) is 4. The van der Waals surface area contributed by atoms with Gasteiger partial charge in [0.05, 0.1) is 26.9 Å². The maximum absolute atomic E-state index is 12.3. The second kappa shape index (κ2) is 20.0. The number of hydrogen-bond donors (Lipinski definition) is 1. The number of carbonyl (C=O) groups is 2. The molecule has 1 aromatic rings. The van der Waals surface area contributed by atoms with Crippen LogP contribution in [0.3, 0.4) is 0 Å². The normalized spacial score (nSPS) is 14.0. The highest BCUT2D eigenvalue weighted by molar-refractivity contribution is 5.85. The molecule has 1 aromatic carbocycles. The number of methoxy groups -OCH3 is 2. The average Bonchev–Trinajstić information content (AvgIpc) is 2.91. The zero-order chi connectivity index (χ0) is 26.0. The van der Waals surface area contributed by atoms with E-state index in [1.165, 1.54) is 5.56 Å². The van der Waals surface area contributed by atoms with Crippen molar-refractivity contribution in [3.8, 4) is 11.5 Å². The highest BCUT2D eigenvalue weighted by atomic mass is 35.5. The van der Waals surface area contributed by atoms with Crippen LogP contribution in [0, 0.1) is 5.92 Å². The van der Waals surface area contributed by atoms with E-state index >= 15 is 0 Å². The number of hydrogen-bond acceptors (Lipinski definition) is 6. The summed E-state index contributed by atoms with van der Waals surface area (Å²) in [4.78, 5) is 26.3. The summed E-state index contributed by atoms with van der Waals surface area (Å²) >= 11 is 0. The largest absolute Gasteiger partial charge is 0.493 e. The van der Waals surface area contributed by atoms with E-state index in [0.29, 0.717) is 58.9 Å². The summed E-state index contributed by atoms with van der Waals surface area (Å²) in [6.07, 6.45) is 8.28. The Morgan fingerprint density at radius 3 is 2.49 bits per heavy atom. The average molecular weight is 543 g/mol. The van der Waals surface area contributed by atoms with Crippen LogP contribution in [-0.2, 0) is 25.5 Å². The van der Waals surface area contributed by atoms with Gasteiger partial charge < -0.3 is 29.2 Å². The van der Waals surface area contributed by atoms with Gasteiger partial charge in [-0.25, -0.2) is 0 Å². The minimum absolute atomic E-state index is 0. The van der Waals surface area contributed by atoms with Gasteiger partial charge in [-0.1, -0.05) is 32.3 Å². The van der Waals surface area contributed by atoms with Crippen molar-refractivity contribution in [1.82, 2.24) is 10.2 Å². The molecule has 0 unspecified atom stereocenters. The molecule has 2 rings (SSSR count). The predicted molar refractivity (Wildman–Crippen MR) is 148 cm³/mol. The molecular formula is C28H47ClN2O6. The first kappa shape index (κ1) is 33.0. The van der Waals surface area contributed by atoms with E-state index in [2.05, 4.69) is 17.4 Å². The molecule has 0 aromatic heterocycles. The number of aryl methyl sites for hydroxylation is 1. The molecule has 0 radical (unpaired) electrons. The van der Waals surface area contributed by atoms with Gasteiger partial charge in [-0.15, -0.1) is 12.4 Å². The molecule has 1 atom stereocenters. The Kier molecular flexibility index (Phi) is 17.8. The molecule has 8 nitrogen and oxygen atoms in total. The molecule has 0 bridgehead atoms. The number of nitrogens with zero attached hydrogens (tertiary/aromatic N) is 1. The fourth-order valence-corrected chi connectivity index (χ4v) is 4.24. The lowest BCUT2D eigenvalue weighted by Crippen LogP contribution is -2.41. The Hall–Kier alpha value is -2.03. The lowest BCUT2D eigenvalue weighted by atomic mass is 10.00. The van der Waals surface area contributed by atoms with Gasteiger partial charge in [0.1, 0.15) is 0 Å². The summed E-state index contributed by atoms with van der Waals surface area (Å²) in [7, 11) is 3.35. The van der Waals surface area contributed by atoms with Gasteiger partial charge in [0.15, 0.2) is 11.5 Å². The van der Waals surface area contributed by atoms with Crippen molar-refractivity contribution in [3.63, 3.8) is 0 Å². The van der Waals surface area contributed by atoms with Gasteiger partial charge in [0.2, 0.25) is 11.8 Å². The summed E-state index contributed by atoms with van der Waals surface area (Å²) in [5, 5.41) is 2.99. The van der Waals surface area contributed by atoms with Crippen molar-refractivity contribution in [1.29, 1.82) is 0 Å². The molecule has 1 heterocycles. The van der Waals surface area contributed by atoms with E-state index in [1.54, 1.807) is 14.2 Å². The molecule has 212 valence electrons. The molecule has 1 fully saturated rings. The van der Waals surface area contributed by atoms with Crippen molar-refractivity contribution in [2.45, 2.75) is 64.7 Å². The highest BCUT2D eigenvalue weighted by Gasteiger charge is 2.17. The number of amides is 2. The van der Waals surface area contributed by atoms with Gasteiger partial charge in [-0.2, -0.15) is 0 Å². The number of carbonyl (C=O) groups excluding carboxylic acids is 2. The van der Waals surface area contributed by atoms with Crippen LogP contribution in [0.4, 0.5) is 0 Å². The van der Waals surface area contributed by atoms with Crippen LogP contribution >= 0.6 is 12.4 Å². The summed E-state index contributed by atoms with van der Waals surface area (Å²) < 4.78 is 21.6. The Labute approximate surface area is 229 Å². The molecule has 9 heteroatoms. The molecule has 1 aliphatic heterocycles. The fourth-order valence-electron chi connectivity index (χ4n) is 4.24. The lowest BCUT2D eigenvalue weighted by Gasteiger charge is -2.26. The highest BCUT2D eigenvalue weighted by Crippen LogP contribution is 2.29. The van der Waals surface area contributed by atoms with E-state index in [0.717, 1.165) is 56.4 Å². The maximum atomic E-state index is 12.3. The first-order valence-electron chi connectivity index (χ1n) is 13.5. The van der Waals surface area contributed by atoms with Gasteiger partial charge >= 0.3 is 0 Å². The number of halogens is 1. The van der Waals surface area contributed by atoms with Crippen LogP contribution in [-0.4, -0.2) is 77.0 Å². The molecular weight excluding hydrogens is 496 g/mol. The van der Waals surface area contributed by atoms with Gasteiger partial charge in [-0.05, 0) is 43.4 Å². The molecule has 0 aliphatic carbocycles. The van der Waals surface area contributed by atoms with E-state index in [-0.39, 0.29) is 30.1 Å². The topological polar surface area (TPSA) is 86.3 Å². The SMILES string of the molecule is COCCCOc1cc(CCCCCC[C@@H](C)C(=O)NCCCC(=O)N2CCOCC2)ccc1OC.Cl. The quantitative estimate of drug-likeness (QED) is 0.276. The van der Waals surface area contributed by atoms with Crippen molar-refractivity contribution < 1.29 is 28.5 Å². The van der Waals surface area contributed by atoms with E-state index < -0.39 is 0 Å². The third kappa shape index (κ3) is 13.4. The molecule has 2 amide bonds. The van der Waals surface area contributed by atoms with E-state index in [1.807, 2.05) is 17.9 Å². The number of unbranched alkanes of at least 4 members (excludes halogenated alkanes) is 3. The second-order valence-corrected chi connectivity index (χ2v) is 9.42. The van der Waals surface area contributed by atoms with Crippen molar-refractivity contribution in [2.24, 2.45) is 5.92 Å². The van der Waals surface area contributed by atoms with Crippen LogP contribution in [0.15, 0.2) is 18.2 Å². The van der Waals surface area contributed by atoms with Crippen LogP contribution in [0.25, 0.3) is 0 Å². The monoisotopic (exact) mass is 542 g/mol. The standard InChI is InChI=1S/C28H46N2O6.ClH/c1-23(28(32)29-15-8-12-27(31)30-16-20-35-21-17-30)10-6-4-5-7-11-24-13-14-25(34-3)26(22-24)36-19-9-18-33-2;/h13-14,22-23H,4-12,15-21H2,1-3H3,(H,29,32);1H/t23-;/m1./s1.